The first-order chi connectivity index (χ1) is 20.2. The molecule has 5 aromatic rings. The maximum Gasteiger partial charge on any atom is 0.263 e. The molecule has 11 nitrogen and oxygen atoms in total. The van der Waals surface area contributed by atoms with Gasteiger partial charge >= 0.3 is 0 Å². The highest BCUT2D eigenvalue weighted by atomic mass is 35.5. The summed E-state index contributed by atoms with van der Waals surface area (Å²) in [5, 5.41) is 8.53. The van der Waals surface area contributed by atoms with Crippen LogP contribution < -0.4 is 4.72 Å². The van der Waals surface area contributed by atoms with Crippen LogP contribution in [0.4, 0.5) is 14.5 Å². The molecule has 0 unspecified atom stereocenters. The van der Waals surface area contributed by atoms with Crippen molar-refractivity contribution < 1.29 is 21.9 Å². The first kappa shape index (κ1) is 30.7. The number of imidazole rings is 1. The summed E-state index contributed by atoms with van der Waals surface area (Å²) in [6.07, 6.45) is 5.57. The number of anilines is 1. The molecule has 0 aliphatic rings. The molecule has 0 atom stereocenters. The highest BCUT2D eigenvalue weighted by Crippen LogP contribution is 2.32. The molecule has 0 saturated heterocycles. The summed E-state index contributed by atoms with van der Waals surface area (Å²) in [6.45, 7) is 11.0. The average Bonchev–Trinajstić information content (AvgIpc) is 3.51. The summed E-state index contributed by atoms with van der Waals surface area (Å²) >= 11 is 5.92. The molecule has 0 fully saturated rings. The summed E-state index contributed by atoms with van der Waals surface area (Å²) in [6, 6.07) is 4.16. The van der Waals surface area contributed by atoms with Gasteiger partial charge in [-0.25, -0.2) is 22.2 Å². The fourth-order valence-electron chi connectivity index (χ4n) is 4.27. The lowest BCUT2D eigenvalue weighted by Gasteiger charge is -2.16. The van der Waals surface area contributed by atoms with Crippen LogP contribution in [0.3, 0.4) is 0 Å². The number of sulfonamides is 1. The molecule has 0 aliphatic heterocycles. The van der Waals surface area contributed by atoms with E-state index in [1.165, 1.54) is 37.9 Å². The maximum atomic E-state index is 15.7. The summed E-state index contributed by atoms with van der Waals surface area (Å²) in [7, 11) is -5.56. The minimum Gasteiger partial charge on any atom is -0.361 e. The predicted molar refractivity (Wildman–Crippen MR) is 161 cm³/mol. The molecule has 0 bridgehead atoms. The zero-order chi connectivity index (χ0) is 31.1. The minimum absolute atomic E-state index is 0.0829. The van der Waals surface area contributed by atoms with Crippen LogP contribution in [0.5, 0.6) is 0 Å². The summed E-state index contributed by atoms with van der Waals surface area (Å²) < 4.78 is 68.1. The molecule has 43 heavy (non-hydrogen) atoms. The lowest BCUT2D eigenvalue weighted by atomic mass is 10.1. The van der Waals surface area contributed by atoms with Gasteiger partial charge in [-0.05, 0) is 38.1 Å². The van der Waals surface area contributed by atoms with Gasteiger partial charge in [0.1, 0.15) is 35.3 Å². The van der Waals surface area contributed by atoms with Gasteiger partial charge < -0.3 is 9.14 Å². The molecule has 0 amide bonds. The number of ether oxygens (including phenoxy) is 1. The molecule has 0 aliphatic carbocycles. The SMILES string of the molecule is Cc1ncc(Cl)cc1S(=O)(=O)Nc1ccc(F)c(-c2cn3cnc(-c4nnc(C)n4COCC[Si](C)(C)C)c3cn2)c1F. The van der Waals surface area contributed by atoms with Crippen LogP contribution in [0.15, 0.2) is 48.0 Å². The van der Waals surface area contributed by atoms with Crippen LogP contribution in [0, 0.1) is 25.5 Å². The molecule has 4 heterocycles. The van der Waals surface area contributed by atoms with Crippen LogP contribution in [0.2, 0.25) is 30.7 Å². The molecule has 0 radical (unpaired) electrons. The van der Waals surface area contributed by atoms with E-state index in [0.29, 0.717) is 29.5 Å². The monoisotopic (exact) mass is 646 g/mol. The van der Waals surface area contributed by atoms with E-state index in [0.717, 1.165) is 18.2 Å². The standard InChI is InChI=1S/C27H29ClF2N8O3SSi/c1-16-23(10-18(28)11-31-16)42(39,40)36-20-7-6-19(29)24(25(20)30)21-13-37-14-33-26(22(37)12-32-21)27-35-34-17(2)38(27)15-41-8-9-43(3,4)5/h6-7,10-14,36H,8-9,15H2,1-5H3. The number of rotatable bonds is 10. The van der Waals surface area contributed by atoms with Gasteiger partial charge in [0.25, 0.3) is 10.0 Å². The van der Waals surface area contributed by atoms with Crippen LogP contribution in [0.25, 0.3) is 28.3 Å². The number of hydrogen-bond acceptors (Lipinski definition) is 8. The fourth-order valence-corrected chi connectivity index (χ4v) is 6.53. The van der Waals surface area contributed by atoms with Crippen molar-refractivity contribution in [2.24, 2.45) is 0 Å². The second-order valence-corrected chi connectivity index (χ2v) is 18.8. The van der Waals surface area contributed by atoms with Gasteiger partial charge in [-0.15, -0.1) is 10.2 Å². The van der Waals surface area contributed by atoms with Gasteiger partial charge in [0, 0.05) is 27.1 Å². The Morgan fingerprint density at radius 3 is 2.58 bits per heavy atom. The molecule has 0 spiro atoms. The quantitative estimate of drug-likeness (QED) is 0.151. The number of nitrogens with zero attached hydrogens (tertiary/aromatic N) is 7. The Labute approximate surface area is 253 Å². The average molecular weight is 647 g/mol. The van der Waals surface area contributed by atoms with E-state index in [1.54, 1.807) is 8.97 Å². The fraction of sp³-hybridized carbons (Fsp3) is 0.296. The molecule has 226 valence electrons. The molecular formula is C27H29ClF2N8O3SSi. The number of halogens is 3. The van der Waals surface area contributed by atoms with E-state index in [1.807, 2.05) is 6.92 Å². The Morgan fingerprint density at radius 1 is 1.07 bits per heavy atom. The number of aromatic nitrogens is 7. The number of pyridine rings is 1. The Bertz CT molecular complexity index is 1940. The molecule has 4 aromatic heterocycles. The van der Waals surface area contributed by atoms with Gasteiger partial charge in [-0.2, -0.15) is 0 Å². The minimum atomic E-state index is -4.30. The summed E-state index contributed by atoms with van der Waals surface area (Å²) in [4.78, 5) is 12.4. The lowest BCUT2D eigenvalue weighted by Crippen LogP contribution is -2.22. The van der Waals surface area contributed by atoms with Crippen LogP contribution >= 0.6 is 11.6 Å². The van der Waals surface area contributed by atoms with Crippen LogP contribution in [0.1, 0.15) is 11.5 Å². The van der Waals surface area contributed by atoms with E-state index in [4.69, 9.17) is 16.3 Å². The van der Waals surface area contributed by atoms with E-state index >= 15 is 4.39 Å². The van der Waals surface area contributed by atoms with Crippen molar-refractivity contribution in [3.63, 3.8) is 0 Å². The Hall–Kier alpha value is -3.79. The molecule has 0 saturated carbocycles. The van der Waals surface area contributed by atoms with E-state index in [9.17, 15) is 12.8 Å². The van der Waals surface area contributed by atoms with E-state index < -0.39 is 41.0 Å². The highest BCUT2D eigenvalue weighted by Gasteiger charge is 2.25. The summed E-state index contributed by atoms with van der Waals surface area (Å²) in [5.41, 5.74) is 0.0598. The van der Waals surface area contributed by atoms with Crippen molar-refractivity contribution in [2.75, 3.05) is 11.3 Å². The highest BCUT2D eigenvalue weighted by molar-refractivity contribution is 7.92. The second kappa shape index (κ2) is 11.7. The smallest absolute Gasteiger partial charge is 0.263 e. The Kier molecular flexibility index (Phi) is 8.35. The lowest BCUT2D eigenvalue weighted by molar-refractivity contribution is 0.0866. The summed E-state index contributed by atoms with van der Waals surface area (Å²) in [5.74, 6) is -0.976. The van der Waals surface area contributed by atoms with Crippen LogP contribution in [-0.2, 0) is 21.5 Å². The van der Waals surface area contributed by atoms with Crippen LogP contribution in [-0.4, -0.2) is 57.2 Å². The largest absolute Gasteiger partial charge is 0.361 e. The zero-order valence-electron chi connectivity index (χ0n) is 24.1. The number of nitrogens with one attached hydrogen (secondary N) is 1. The number of benzene rings is 1. The topological polar surface area (TPSA) is 129 Å². The van der Waals surface area contributed by atoms with Crippen molar-refractivity contribution in [1.29, 1.82) is 0 Å². The third kappa shape index (κ3) is 6.44. The van der Waals surface area contributed by atoms with Gasteiger partial charge in [0.05, 0.1) is 39.4 Å². The van der Waals surface area contributed by atoms with Crippen molar-refractivity contribution in [3.8, 4) is 22.8 Å². The number of hydrogen-bond donors (Lipinski definition) is 1. The van der Waals surface area contributed by atoms with Gasteiger partial charge in [0.2, 0.25) is 0 Å². The van der Waals surface area contributed by atoms with E-state index in [2.05, 4.69) is 49.5 Å². The van der Waals surface area contributed by atoms with Gasteiger partial charge in [-0.1, -0.05) is 31.2 Å². The molecule has 1 aromatic carbocycles. The first-order valence-corrected chi connectivity index (χ1v) is 18.8. The molecule has 5 rings (SSSR count). The molecular weight excluding hydrogens is 618 g/mol. The normalized spacial score (nSPS) is 12.3. The van der Waals surface area contributed by atoms with Gasteiger partial charge in [0.15, 0.2) is 11.6 Å². The third-order valence-corrected chi connectivity index (χ3v) is 10.1. The van der Waals surface area contributed by atoms with E-state index in [-0.39, 0.29) is 28.0 Å². The Morgan fingerprint density at radius 2 is 1.84 bits per heavy atom. The zero-order valence-corrected chi connectivity index (χ0v) is 26.6. The molecule has 16 heteroatoms. The number of aryl methyl sites for hydroxylation is 2. The number of fused-ring (bicyclic) bond motifs is 1. The van der Waals surface area contributed by atoms with Crippen molar-refractivity contribution >= 4 is 40.9 Å². The third-order valence-electron chi connectivity index (χ3n) is 6.67. The van der Waals surface area contributed by atoms with Gasteiger partial charge in [-0.3, -0.25) is 19.3 Å². The maximum absolute atomic E-state index is 15.7. The predicted octanol–water partition coefficient (Wildman–Crippen LogP) is 5.71. The van der Waals surface area contributed by atoms with Crippen molar-refractivity contribution in [2.45, 2.75) is 51.2 Å². The molecule has 1 N–H and O–H groups in total. The first-order valence-electron chi connectivity index (χ1n) is 13.2. The van der Waals surface area contributed by atoms with Crippen molar-refractivity contribution in [1.82, 2.24) is 34.1 Å². The Balaban J connectivity index is 1.46. The second-order valence-electron chi connectivity index (χ2n) is 11.1. The van der Waals surface area contributed by atoms with Crippen molar-refractivity contribution in [3.05, 3.63) is 71.3 Å².